The monoisotopic (exact) mass is 476 g/mol. The predicted octanol–water partition coefficient (Wildman–Crippen LogP) is 6.22. The van der Waals surface area contributed by atoms with Crippen LogP contribution < -0.4 is 5.32 Å². The summed E-state index contributed by atoms with van der Waals surface area (Å²) in [5.74, 6) is 0.868. The van der Waals surface area contributed by atoms with Crippen LogP contribution in [0.1, 0.15) is 46.1 Å². The van der Waals surface area contributed by atoms with E-state index in [4.69, 9.17) is 28.2 Å². The van der Waals surface area contributed by atoms with Gasteiger partial charge in [-0.05, 0) is 81.0 Å². The summed E-state index contributed by atoms with van der Waals surface area (Å²) in [5, 5.41) is 4.95. The highest BCUT2D eigenvalue weighted by Gasteiger charge is 2.42. The Morgan fingerprint density at radius 2 is 1.91 bits per heavy atom. The Labute approximate surface area is 204 Å². The van der Waals surface area contributed by atoms with E-state index in [9.17, 15) is 0 Å². The summed E-state index contributed by atoms with van der Waals surface area (Å²) in [6.45, 7) is 7.08. The van der Waals surface area contributed by atoms with E-state index in [0.717, 1.165) is 22.8 Å². The minimum absolute atomic E-state index is 0.0448. The summed E-state index contributed by atoms with van der Waals surface area (Å²) in [7, 11) is 0. The number of rotatable bonds is 5. The molecule has 168 valence electrons. The van der Waals surface area contributed by atoms with E-state index in [-0.39, 0.29) is 12.1 Å². The van der Waals surface area contributed by atoms with Gasteiger partial charge in [-0.2, -0.15) is 0 Å². The number of furan rings is 1. The van der Waals surface area contributed by atoms with Gasteiger partial charge in [0.2, 0.25) is 0 Å². The molecule has 0 spiro atoms. The number of nitrogens with one attached hydrogen (secondary N) is 1. The van der Waals surface area contributed by atoms with Gasteiger partial charge < -0.3 is 19.2 Å². The van der Waals surface area contributed by atoms with Gasteiger partial charge in [0, 0.05) is 33.9 Å². The molecule has 7 heteroatoms. The maximum Gasteiger partial charge on any atom is 0.170 e. The molecular formula is C26H25ClN4OS. The van der Waals surface area contributed by atoms with Crippen molar-refractivity contribution in [2.24, 2.45) is 0 Å². The Kier molecular flexibility index (Phi) is 5.72. The van der Waals surface area contributed by atoms with E-state index >= 15 is 0 Å². The average Bonchev–Trinajstić information content (AvgIpc) is 3.49. The topological polar surface area (TPSA) is 46.2 Å². The summed E-state index contributed by atoms with van der Waals surface area (Å²) >= 11 is 12.2. The first kappa shape index (κ1) is 21.7. The number of hydrogen-bond acceptors (Lipinski definition) is 3. The highest BCUT2D eigenvalue weighted by molar-refractivity contribution is 7.80. The molecule has 1 fully saturated rings. The first-order valence-electron chi connectivity index (χ1n) is 10.9. The smallest absolute Gasteiger partial charge is 0.170 e. The lowest BCUT2D eigenvalue weighted by molar-refractivity contribution is 0.285. The van der Waals surface area contributed by atoms with Crippen LogP contribution >= 0.6 is 23.8 Å². The molecule has 3 aromatic heterocycles. The molecule has 0 radical (unpaired) electrons. The van der Waals surface area contributed by atoms with Crippen LogP contribution in [0.2, 0.25) is 5.02 Å². The van der Waals surface area contributed by atoms with Gasteiger partial charge in [0.05, 0.1) is 30.6 Å². The fraction of sp³-hybridized carbons (Fsp3) is 0.231. The number of pyridine rings is 1. The lowest BCUT2D eigenvalue weighted by Crippen LogP contribution is -2.29. The molecule has 33 heavy (non-hydrogen) atoms. The highest BCUT2D eigenvalue weighted by Crippen LogP contribution is 2.44. The van der Waals surface area contributed by atoms with Crippen molar-refractivity contribution in [1.29, 1.82) is 0 Å². The molecule has 0 aliphatic carbocycles. The van der Waals surface area contributed by atoms with Gasteiger partial charge in [-0.25, -0.2) is 0 Å². The van der Waals surface area contributed by atoms with Gasteiger partial charge in [0.25, 0.3) is 0 Å². The molecule has 0 amide bonds. The van der Waals surface area contributed by atoms with Crippen LogP contribution in [0.25, 0.3) is 5.69 Å². The quantitative estimate of drug-likeness (QED) is 0.346. The van der Waals surface area contributed by atoms with Crippen LogP contribution in [0.4, 0.5) is 0 Å². The number of aromatic nitrogens is 2. The molecule has 5 nitrogen and oxygen atoms in total. The Bertz CT molecular complexity index is 1300. The predicted molar refractivity (Wildman–Crippen MR) is 135 cm³/mol. The molecule has 1 N–H and O–H groups in total. The van der Waals surface area contributed by atoms with Crippen molar-refractivity contribution in [2.45, 2.75) is 39.4 Å². The Morgan fingerprint density at radius 3 is 2.61 bits per heavy atom. The summed E-state index contributed by atoms with van der Waals surface area (Å²) in [4.78, 5) is 6.88. The second kappa shape index (κ2) is 8.69. The average molecular weight is 477 g/mol. The minimum Gasteiger partial charge on any atom is -0.467 e. The van der Waals surface area contributed by atoms with Crippen molar-refractivity contribution in [1.82, 2.24) is 19.8 Å². The molecule has 1 aromatic carbocycles. The number of halogens is 1. The third-order valence-electron chi connectivity index (χ3n) is 6.47. The summed E-state index contributed by atoms with van der Waals surface area (Å²) in [6.07, 6.45) is 3.53. The highest BCUT2D eigenvalue weighted by atomic mass is 35.5. The standard InChI is InChI=1S/C26H25ClN4OS/c1-16-17(2)31(20-9-6-8-19(27)14-20)18(3)23(16)25-24(22-11-4-5-12-28-22)29-26(33)30(25)15-21-10-7-13-32-21/h4-14,24-25H,15H2,1-3H3,(H,29,33)/t24-,25-/m0/s1. The van der Waals surface area contributed by atoms with Crippen LogP contribution in [0, 0.1) is 20.8 Å². The molecule has 2 atom stereocenters. The van der Waals surface area contributed by atoms with Gasteiger partial charge in [-0.1, -0.05) is 23.7 Å². The van der Waals surface area contributed by atoms with Crippen LogP contribution in [0.5, 0.6) is 0 Å². The summed E-state index contributed by atoms with van der Waals surface area (Å²) < 4.78 is 7.95. The van der Waals surface area contributed by atoms with Crippen molar-refractivity contribution in [3.05, 3.63) is 106 Å². The maximum absolute atomic E-state index is 6.33. The van der Waals surface area contributed by atoms with Crippen LogP contribution in [-0.2, 0) is 6.54 Å². The first-order valence-corrected chi connectivity index (χ1v) is 11.7. The molecule has 0 saturated carbocycles. The van der Waals surface area contributed by atoms with E-state index in [1.54, 1.807) is 6.26 Å². The molecule has 1 aliphatic heterocycles. The zero-order valence-corrected chi connectivity index (χ0v) is 20.3. The van der Waals surface area contributed by atoms with Crippen molar-refractivity contribution >= 4 is 28.9 Å². The Morgan fingerprint density at radius 1 is 1.06 bits per heavy atom. The molecule has 5 rings (SSSR count). The number of benzene rings is 1. The maximum atomic E-state index is 6.33. The van der Waals surface area contributed by atoms with Crippen molar-refractivity contribution < 1.29 is 4.42 Å². The molecular weight excluding hydrogens is 452 g/mol. The van der Waals surface area contributed by atoms with E-state index in [0.29, 0.717) is 16.7 Å². The SMILES string of the molecule is Cc1c([C@H]2[C@H](c3ccccn3)NC(=S)N2Cc2ccco2)c(C)n(-c2cccc(Cl)c2)c1C. The third-order valence-corrected chi connectivity index (χ3v) is 7.06. The number of hydrogen-bond donors (Lipinski definition) is 1. The molecule has 0 unspecified atom stereocenters. The lowest BCUT2D eigenvalue weighted by Gasteiger charge is -2.28. The normalized spacial score (nSPS) is 18.1. The lowest BCUT2D eigenvalue weighted by atomic mass is 9.93. The molecule has 0 bridgehead atoms. The number of nitrogens with zero attached hydrogens (tertiary/aromatic N) is 3. The van der Waals surface area contributed by atoms with Crippen molar-refractivity contribution in [2.75, 3.05) is 0 Å². The van der Waals surface area contributed by atoms with E-state index in [1.165, 1.54) is 16.8 Å². The minimum atomic E-state index is -0.0827. The zero-order chi connectivity index (χ0) is 23.1. The fourth-order valence-electron chi connectivity index (χ4n) is 4.90. The third kappa shape index (κ3) is 3.83. The fourth-order valence-corrected chi connectivity index (χ4v) is 5.39. The Hall–Kier alpha value is -3.09. The summed E-state index contributed by atoms with van der Waals surface area (Å²) in [5.41, 5.74) is 6.82. The van der Waals surface area contributed by atoms with Gasteiger partial charge >= 0.3 is 0 Å². The zero-order valence-electron chi connectivity index (χ0n) is 18.7. The van der Waals surface area contributed by atoms with Crippen molar-refractivity contribution in [3.8, 4) is 5.69 Å². The van der Waals surface area contributed by atoms with Gasteiger partial charge in [0.15, 0.2) is 5.11 Å². The second-order valence-corrected chi connectivity index (χ2v) is 9.18. The van der Waals surface area contributed by atoms with E-state index in [1.807, 2.05) is 48.7 Å². The number of thiocarbonyl (C=S) groups is 1. The Balaban J connectivity index is 1.67. The largest absolute Gasteiger partial charge is 0.467 e. The molecule has 4 aromatic rings. The molecule has 1 aliphatic rings. The molecule has 4 heterocycles. The van der Waals surface area contributed by atoms with Crippen LogP contribution in [0.3, 0.4) is 0 Å². The van der Waals surface area contributed by atoms with Gasteiger partial charge in [-0.3, -0.25) is 4.98 Å². The second-order valence-electron chi connectivity index (χ2n) is 8.36. The van der Waals surface area contributed by atoms with Gasteiger partial charge in [0.1, 0.15) is 5.76 Å². The summed E-state index contributed by atoms with van der Waals surface area (Å²) in [6, 6.07) is 17.7. The molecule has 1 saturated heterocycles. The first-order chi connectivity index (χ1) is 16.0. The van der Waals surface area contributed by atoms with Crippen molar-refractivity contribution in [3.63, 3.8) is 0 Å². The van der Waals surface area contributed by atoms with Gasteiger partial charge in [-0.15, -0.1) is 0 Å². The van der Waals surface area contributed by atoms with E-state index < -0.39 is 0 Å². The van der Waals surface area contributed by atoms with Crippen LogP contribution in [-0.4, -0.2) is 19.6 Å². The van der Waals surface area contributed by atoms with Crippen LogP contribution in [0.15, 0.2) is 71.5 Å². The van der Waals surface area contributed by atoms with E-state index in [2.05, 4.69) is 52.7 Å².